The lowest BCUT2D eigenvalue weighted by Crippen LogP contribution is -2.51. The molecule has 150 valence electrons. The molecule has 6 heteroatoms. The molecule has 2 heterocycles. The number of aliphatic hydroxyl groups excluding tert-OH is 2. The molecule has 0 bridgehead atoms. The first kappa shape index (κ1) is 19.5. The van der Waals surface area contributed by atoms with Crippen LogP contribution in [0.2, 0.25) is 5.02 Å². The Labute approximate surface area is 170 Å². The van der Waals surface area contributed by atoms with Crippen molar-refractivity contribution >= 4 is 11.6 Å². The summed E-state index contributed by atoms with van der Waals surface area (Å²) in [7, 11) is 1.63. The van der Waals surface area contributed by atoms with E-state index in [4.69, 9.17) is 21.1 Å². The summed E-state index contributed by atoms with van der Waals surface area (Å²) in [6.45, 7) is 2.23. The molecule has 5 nitrogen and oxygen atoms in total. The standard InChI is InChI=1S/C22H26ClNO4/c1-27-17-5-2-15(3-6-17)20(26)14-24-10-8-22(9-11-24)13-19(25)18-12-16(23)4-7-21(18)28-22/h2-7,12,19-20,25-26H,8-11,13-14H2,1H3. The SMILES string of the molecule is COc1ccc(C(O)CN2CCC3(CC2)CC(O)c2cc(Cl)ccc2O3)cc1. The minimum Gasteiger partial charge on any atom is -0.497 e. The predicted octanol–water partition coefficient (Wildman–Crippen LogP) is 3.73. The van der Waals surface area contributed by atoms with Gasteiger partial charge in [0.2, 0.25) is 0 Å². The molecule has 2 aromatic carbocycles. The van der Waals surface area contributed by atoms with Gasteiger partial charge in [0.05, 0.1) is 19.3 Å². The highest BCUT2D eigenvalue weighted by molar-refractivity contribution is 6.30. The number of halogens is 1. The Morgan fingerprint density at radius 3 is 2.61 bits per heavy atom. The Balaban J connectivity index is 1.37. The molecule has 2 N–H and O–H groups in total. The van der Waals surface area contributed by atoms with Crippen LogP contribution in [0.1, 0.15) is 42.6 Å². The van der Waals surface area contributed by atoms with Crippen LogP contribution in [0, 0.1) is 0 Å². The van der Waals surface area contributed by atoms with Crippen molar-refractivity contribution in [1.82, 2.24) is 4.90 Å². The van der Waals surface area contributed by atoms with Crippen molar-refractivity contribution in [3.05, 3.63) is 58.6 Å². The topological polar surface area (TPSA) is 62.2 Å². The van der Waals surface area contributed by atoms with Crippen molar-refractivity contribution in [2.75, 3.05) is 26.7 Å². The van der Waals surface area contributed by atoms with Gasteiger partial charge in [-0.3, -0.25) is 0 Å². The van der Waals surface area contributed by atoms with Gasteiger partial charge >= 0.3 is 0 Å². The zero-order valence-electron chi connectivity index (χ0n) is 16.0. The third-order valence-electron chi connectivity index (χ3n) is 5.92. The summed E-state index contributed by atoms with van der Waals surface area (Å²) >= 11 is 6.05. The van der Waals surface area contributed by atoms with Crippen LogP contribution in [-0.2, 0) is 0 Å². The van der Waals surface area contributed by atoms with E-state index in [9.17, 15) is 10.2 Å². The van der Waals surface area contributed by atoms with E-state index >= 15 is 0 Å². The monoisotopic (exact) mass is 403 g/mol. The van der Waals surface area contributed by atoms with Crippen LogP contribution in [0.25, 0.3) is 0 Å². The van der Waals surface area contributed by atoms with Crippen LogP contribution >= 0.6 is 11.6 Å². The number of piperidine rings is 1. The first-order chi connectivity index (χ1) is 13.5. The van der Waals surface area contributed by atoms with Gasteiger partial charge in [0.15, 0.2) is 0 Å². The molecule has 2 atom stereocenters. The molecule has 2 unspecified atom stereocenters. The van der Waals surface area contributed by atoms with Gasteiger partial charge in [-0.05, 0) is 48.7 Å². The predicted molar refractivity (Wildman–Crippen MR) is 108 cm³/mol. The molecule has 0 aromatic heterocycles. The molecule has 4 rings (SSSR count). The maximum absolute atomic E-state index is 10.6. The number of likely N-dealkylation sites (tertiary alicyclic amines) is 1. The Morgan fingerprint density at radius 1 is 1.21 bits per heavy atom. The number of β-amino-alcohol motifs (C(OH)–C–C–N with tert-alkyl or cyclic N) is 1. The van der Waals surface area contributed by atoms with Gasteiger partial charge in [0.1, 0.15) is 17.1 Å². The average Bonchev–Trinajstić information content (AvgIpc) is 2.71. The third kappa shape index (κ3) is 3.98. The zero-order valence-corrected chi connectivity index (χ0v) is 16.7. The van der Waals surface area contributed by atoms with Gasteiger partial charge in [-0.25, -0.2) is 0 Å². The quantitative estimate of drug-likeness (QED) is 0.814. The number of aliphatic hydroxyl groups is 2. The van der Waals surface area contributed by atoms with Crippen molar-refractivity contribution in [3.8, 4) is 11.5 Å². The van der Waals surface area contributed by atoms with Gasteiger partial charge in [0, 0.05) is 36.6 Å². The van der Waals surface area contributed by atoms with Crippen LogP contribution in [0.5, 0.6) is 11.5 Å². The van der Waals surface area contributed by atoms with Crippen LogP contribution in [-0.4, -0.2) is 47.5 Å². The molecule has 28 heavy (non-hydrogen) atoms. The Bertz CT molecular complexity index is 818. The van der Waals surface area contributed by atoms with Gasteiger partial charge in [-0.15, -0.1) is 0 Å². The molecule has 0 aliphatic carbocycles. The number of nitrogens with zero attached hydrogens (tertiary/aromatic N) is 1. The largest absolute Gasteiger partial charge is 0.497 e. The summed E-state index contributed by atoms with van der Waals surface area (Å²) in [5.74, 6) is 1.51. The van der Waals surface area contributed by atoms with Crippen LogP contribution in [0.4, 0.5) is 0 Å². The van der Waals surface area contributed by atoms with Crippen molar-refractivity contribution < 1.29 is 19.7 Å². The van der Waals surface area contributed by atoms with E-state index in [1.165, 1.54) is 0 Å². The second kappa shape index (κ2) is 7.91. The van der Waals surface area contributed by atoms with E-state index in [0.29, 0.717) is 18.0 Å². The Kier molecular flexibility index (Phi) is 5.52. The molecule has 1 saturated heterocycles. The first-order valence-electron chi connectivity index (χ1n) is 9.69. The van der Waals surface area contributed by atoms with Crippen molar-refractivity contribution in [3.63, 3.8) is 0 Å². The number of hydrogen-bond donors (Lipinski definition) is 2. The van der Waals surface area contributed by atoms with Gasteiger partial charge in [0.25, 0.3) is 0 Å². The van der Waals surface area contributed by atoms with E-state index in [2.05, 4.69) is 4.90 Å². The molecular weight excluding hydrogens is 378 g/mol. The Hall–Kier alpha value is -1.79. The number of fused-ring (bicyclic) bond motifs is 1. The van der Waals surface area contributed by atoms with Crippen molar-refractivity contribution in [2.45, 2.75) is 37.1 Å². The van der Waals surface area contributed by atoms with Gasteiger partial charge in [-0.1, -0.05) is 23.7 Å². The maximum atomic E-state index is 10.6. The fourth-order valence-electron chi connectivity index (χ4n) is 4.24. The lowest BCUT2D eigenvalue weighted by Gasteiger charge is -2.46. The lowest BCUT2D eigenvalue weighted by molar-refractivity contribution is -0.0587. The van der Waals surface area contributed by atoms with E-state index < -0.39 is 12.2 Å². The van der Waals surface area contributed by atoms with Crippen LogP contribution < -0.4 is 9.47 Å². The number of benzene rings is 2. The highest BCUT2D eigenvalue weighted by Gasteiger charge is 2.43. The fraction of sp³-hybridized carbons (Fsp3) is 0.455. The minimum absolute atomic E-state index is 0.345. The number of ether oxygens (including phenoxy) is 2. The van der Waals surface area contributed by atoms with Crippen LogP contribution in [0.15, 0.2) is 42.5 Å². The number of hydrogen-bond acceptors (Lipinski definition) is 5. The number of methoxy groups -OCH3 is 1. The Morgan fingerprint density at radius 2 is 1.93 bits per heavy atom. The van der Waals surface area contributed by atoms with Crippen LogP contribution in [0.3, 0.4) is 0 Å². The molecule has 2 aliphatic heterocycles. The molecule has 0 amide bonds. The van der Waals surface area contributed by atoms with Gasteiger partial charge < -0.3 is 24.6 Å². The van der Waals surface area contributed by atoms with E-state index in [1.54, 1.807) is 19.2 Å². The van der Waals surface area contributed by atoms with E-state index in [0.717, 1.165) is 48.6 Å². The zero-order chi connectivity index (χ0) is 19.7. The third-order valence-corrected chi connectivity index (χ3v) is 6.16. The summed E-state index contributed by atoms with van der Waals surface area (Å²) in [6, 6.07) is 13.0. The van der Waals surface area contributed by atoms with Gasteiger partial charge in [-0.2, -0.15) is 0 Å². The molecule has 0 saturated carbocycles. The lowest BCUT2D eigenvalue weighted by atomic mass is 9.81. The molecular formula is C22H26ClNO4. The molecule has 2 aromatic rings. The number of rotatable bonds is 4. The summed E-state index contributed by atoms with van der Waals surface area (Å²) in [5.41, 5.74) is 1.31. The second-order valence-corrected chi connectivity index (χ2v) is 8.21. The highest BCUT2D eigenvalue weighted by Crippen LogP contribution is 2.45. The smallest absolute Gasteiger partial charge is 0.126 e. The van der Waals surface area contributed by atoms with Crippen molar-refractivity contribution in [1.29, 1.82) is 0 Å². The normalized spacial score (nSPS) is 22.4. The summed E-state index contributed by atoms with van der Waals surface area (Å²) in [4.78, 5) is 2.26. The fourth-order valence-corrected chi connectivity index (χ4v) is 4.42. The highest BCUT2D eigenvalue weighted by atomic mass is 35.5. The molecule has 0 radical (unpaired) electrons. The molecule has 1 fully saturated rings. The average molecular weight is 404 g/mol. The second-order valence-electron chi connectivity index (χ2n) is 7.78. The maximum Gasteiger partial charge on any atom is 0.126 e. The summed E-state index contributed by atoms with van der Waals surface area (Å²) in [6.07, 6.45) is 1.12. The minimum atomic E-state index is -0.557. The van der Waals surface area contributed by atoms with E-state index in [1.807, 2.05) is 30.3 Å². The van der Waals surface area contributed by atoms with E-state index in [-0.39, 0.29) is 5.60 Å². The first-order valence-corrected chi connectivity index (χ1v) is 10.1. The summed E-state index contributed by atoms with van der Waals surface area (Å²) in [5, 5.41) is 21.8. The van der Waals surface area contributed by atoms with Crippen molar-refractivity contribution in [2.24, 2.45) is 0 Å². The molecule has 2 aliphatic rings. The summed E-state index contributed by atoms with van der Waals surface area (Å²) < 4.78 is 11.5. The molecule has 1 spiro atoms.